The Balaban J connectivity index is 1.47. The number of aromatic amines is 1. The van der Waals surface area contributed by atoms with Gasteiger partial charge in [0.15, 0.2) is 0 Å². The molecule has 0 saturated carbocycles. The van der Waals surface area contributed by atoms with Gasteiger partial charge in [0.05, 0.1) is 0 Å². The first-order valence-electron chi connectivity index (χ1n) is 8.40. The molecule has 1 aromatic heterocycles. The lowest BCUT2D eigenvalue weighted by molar-refractivity contribution is -0.136. The van der Waals surface area contributed by atoms with Crippen molar-refractivity contribution >= 4 is 22.7 Å². The highest BCUT2D eigenvalue weighted by Gasteiger charge is 2.33. The molecule has 1 aliphatic rings. The summed E-state index contributed by atoms with van der Waals surface area (Å²) in [5.74, 6) is -0.265. The Bertz CT molecular complexity index is 917. The van der Waals surface area contributed by atoms with Gasteiger partial charge in [0.2, 0.25) is 11.8 Å². The Kier molecular flexibility index (Phi) is 3.98. The van der Waals surface area contributed by atoms with Crippen LogP contribution in [0.25, 0.3) is 10.9 Å². The number of carbonyl (C=O) groups excluding carboxylic acids is 2. The van der Waals surface area contributed by atoms with Crippen LogP contribution in [0.15, 0.2) is 60.8 Å². The number of piperazine rings is 1. The van der Waals surface area contributed by atoms with Crippen LogP contribution in [0.2, 0.25) is 0 Å². The molecule has 25 heavy (non-hydrogen) atoms. The van der Waals surface area contributed by atoms with Crippen molar-refractivity contribution < 1.29 is 9.59 Å². The van der Waals surface area contributed by atoms with Crippen molar-refractivity contribution in [3.63, 3.8) is 0 Å². The number of fused-ring (bicyclic) bond motifs is 1. The SMILES string of the molecule is O=C1NC(Cc2c[nH]c3ccccc23)C(=O)NC1Cc1ccccc1. The van der Waals surface area contributed by atoms with E-state index in [-0.39, 0.29) is 11.8 Å². The zero-order chi connectivity index (χ0) is 17.2. The van der Waals surface area contributed by atoms with E-state index in [0.717, 1.165) is 22.0 Å². The second-order valence-corrected chi connectivity index (χ2v) is 6.38. The summed E-state index contributed by atoms with van der Waals surface area (Å²) in [5.41, 5.74) is 3.08. The average Bonchev–Trinajstić information content (AvgIpc) is 3.03. The maximum absolute atomic E-state index is 12.5. The lowest BCUT2D eigenvalue weighted by Gasteiger charge is -2.29. The molecule has 0 spiro atoms. The minimum absolute atomic E-state index is 0.131. The molecule has 0 aliphatic carbocycles. The van der Waals surface area contributed by atoms with Crippen molar-refractivity contribution in [3.8, 4) is 0 Å². The summed E-state index contributed by atoms with van der Waals surface area (Å²) in [6, 6.07) is 16.6. The quantitative estimate of drug-likeness (QED) is 0.682. The van der Waals surface area contributed by atoms with Gasteiger partial charge in [-0.1, -0.05) is 48.5 Å². The van der Waals surface area contributed by atoms with Crippen molar-refractivity contribution in [1.29, 1.82) is 0 Å². The van der Waals surface area contributed by atoms with Gasteiger partial charge >= 0.3 is 0 Å². The van der Waals surface area contributed by atoms with Gasteiger partial charge in [-0.15, -0.1) is 0 Å². The number of hydrogen-bond acceptors (Lipinski definition) is 2. The van der Waals surface area contributed by atoms with Gasteiger partial charge in [-0.25, -0.2) is 0 Å². The third-order valence-corrected chi connectivity index (χ3v) is 4.65. The molecule has 5 nitrogen and oxygen atoms in total. The molecule has 0 radical (unpaired) electrons. The Hall–Kier alpha value is -3.08. The van der Waals surface area contributed by atoms with Crippen molar-refractivity contribution in [1.82, 2.24) is 15.6 Å². The van der Waals surface area contributed by atoms with Crippen molar-refractivity contribution in [2.24, 2.45) is 0 Å². The molecule has 3 aromatic rings. The van der Waals surface area contributed by atoms with Crippen LogP contribution < -0.4 is 10.6 Å². The Morgan fingerprint density at radius 1 is 0.760 bits per heavy atom. The second kappa shape index (κ2) is 6.43. The fraction of sp³-hybridized carbons (Fsp3) is 0.200. The average molecular weight is 333 g/mol. The summed E-state index contributed by atoms with van der Waals surface area (Å²) in [7, 11) is 0. The van der Waals surface area contributed by atoms with E-state index in [0.29, 0.717) is 12.8 Å². The minimum atomic E-state index is -0.543. The zero-order valence-electron chi connectivity index (χ0n) is 13.7. The van der Waals surface area contributed by atoms with E-state index in [9.17, 15) is 9.59 Å². The van der Waals surface area contributed by atoms with E-state index >= 15 is 0 Å². The van der Waals surface area contributed by atoms with Crippen LogP contribution in [-0.2, 0) is 22.4 Å². The highest BCUT2D eigenvalue weighted by Crippen LogP contribution is 2.20. The monoisotopic (exact) mass is 333 g/mol. The predicted molar refractivity (Wildman–Crippen MR) is 96.0 cm³/mol. The summed E-state index contributed by atoms with van der Waals surface area (Å²) < 4.78 is 0. The molecule has 1 saturated heterocycles. The van der Waals surface area contributed by atoms with Gasteiger partial charge in [0.1, 0.15) is 12.1 Å². The summed E-state index contributed by atoms with van der Waals surface area (Å²) in [6.07, 6.45) is 2.87. The third-order valence-electron chi connectivity index (χ3n) is 4.65. The smallest absolute Gasteiger partial charge is 0.243 e. The lowest BCUT2D eigenvalue weighted by atomic mass is 9.98. The van der Waals surface area contributed by atoms with Crippen LogP contribution in [0, 0.1) is 0 Å². The Labute approximate surface area is 145 Å². The highest BCUT2D eigenvalue weighted by molar-refractivity contribution is 5.97. The molecule has 2 amide bonds. The van der Waals surface area contributed by atoms with E-state index in [1.165, 1.54) is 0 Å². The number of carbonyl (C=O) groups is 2. The number of rotatable bonds is 4. The van der Waals surface area contributed by atoms with Crippen LogP contribution in [0.3, 0.4) is 0 Å². The van der Waals surface area contributed by atoms with E-state index < -0.39 is 12.1 Å². The number of para-hydroxylation sites is 1. The number of benzene rings is 2. The summed E-state index contributed by atoms with van der Waals surface area (Å²) in [4.78, 5) is 28.1. The summed E-state index contributed by atoms with van der Waals surface area (Å²) >= 11 is 0. The molecule has 3 N–H and O–H groups in total. The fourth-order valence-corrected chi connectivity index (χ4v) is 3.33. The maximum Gasteiger partial charge on any atom is 0.243 e. The van der Waals surface area contributed by atoms with E-state index in [2.05, 4.69) is 15.6 Å². The van der Waals surface area contributed by atoms with E-state index in [4.69, 9.17) is 0 Å². The first kappa shape index (κ1) is 15.4. The number of H-pyrrole nitrogens is 1. The largest absolute Gasteiger partial charge is 0.361 e. The summed E-state index contributed by atoms with van der Waals surface area (Å²) in [6.45, 7) is 0. The molecule has 1 aliphatic heterocycles. The van der Waals surface area contributed by atoms with Crippen molar-refractivity contribution in [2.75, 3.05) is 0 Å². The third kappa shape index (κ3) is 3.13. The van der Waals surface area contributed by atoms with E-state index in [1.54, 1.807) is 0 Å². The fourth-order valence-electron chi connectivity index (χ4n) is 3.33. The molecule has 2 atom stereocenters. The van der Waals surface area contributed by atoms with Crippen LogP contribution in [-0.4, -0.2) is 28.9 Å². The number of nitrogens with one attached hydrogen (secondary N) is 3. The van der Waals surface area contributed by atoms with Crippen LogP contribution >= 0.6 is 0 Å². The molecule has 1 fully saturated rings. The second-order valence-electron chi connectivity index (χ2n) is 6.38. The molecule has 5 heteroatoms. The molecule has 2 unspecified atom stereocenters. The van der Waals surface area contributed by atoms with Crippen molar-refractivity contribution in [2.45, 2.75) is 24.9 Å². The first-order chi connectivity index (χ1) is 12.2. The standard InChI is InChI=1S/C20H19N3O2/c24-19-17(10-13-6-2-1-3-7-13)22-20(25)18(23-19)11-14-12-21-16-9-5-4-8-15(14)16/h1-9,12,17-18,21H,10-11H2,(H,22,25)(H,23,24). The molecule has 126 valence electrons. The highest BCUT2D eigenvalue weighted by atomic mass is 16.2. The summed E-state index contributed by atoms with van der Waals surface area (Å²) in [5, 5.41) is 6.82. The molecule has 2 heterocycles. The maximum atomic E-state index is 12.5. The topological polar surface area (TPSA) is 74.0 Å². The molecular formula is C20H19N3O2. The number of hydrogen-bond donors (Lipinski definition) is 3. The lowest BCUT2D eigenvalue weighted by Crippen LogP contribution is -2.62. The van der Waals surface area contributed by atoms with Gasteiger partial charge in [0, 0.05) is 29.9 Å². The molecule has 4 rings (SSSR count). The number of aromatic nitrogens is 1. The Morgan fingerprint density at radius 3 is 2.16 bits per heavy atom. The minimum Gasteiger partial charge on any atom is -0.361 e. The molecular weight excluding hydrogens is 314 g/mol. The normalized spacial score (nSPS) is 20.3. The van der Waals surface area contributed by atoms with Gasteiger partial charge in [0.25, 0.3) is 0 Å². The predicted octanol–water partition coefficient (Wildman–Crippen LogP) is 1.94. The van der Waals surface area contributed by atoms with Gasteiger partial charge < -0.3 is 15.6 Å². The molecule has 2 aromatic carbocycles. The Morgan fingerprint density at radius 2 is 1.40 bits per heavy atom. The van der Waals surface area contributed by atoms with Gasteiger partial charge in [-0.3, -0.25) is 9.59 Å². The van der Waals surface area contributed by atoms with E-state index in [1.807, 2.05) is 60.8 Å². The van der Waals surface area contributed by atoms with Crippen LogP contribution in [0.4, 0.5) is 0 Å². The van der Waals surface area contributed by atoms with Gasteiger partial charge in [-0.05, 0) is 17.2 Å². The van der Waals surface area contributed by atoms with Crippen LogP contribution in [0.1, 0.15) is 11.1 Å². The zero-order valence-corrected chi connectivity index (χ0v) is 13.7. The number of amides is 2. The molecule has 0 bridgehead atoms. The first-order valence-corrected chi connectivity index (χ1v) is 8.40. The van der Waals surface area contributed by atoms with Crippen LogP contribution in [0.5, 0.6) is 0 Å². The van der Waals surface area contributed by atoms with Crippen molar-refractivity contribution in [3.05, 3.63) is 71.9 Å². The van der Waals surface area contributed by atoms with Gasteiger partial charge in [-0.2, -0.15) is 0 Å².